The Balaban J connectivity index is 1.71. The number of carbonyl (C=O) groups is 3. The van der Waals surface area contributed by atoms with E-state index < -0.39 is 11.9 Å². The highest BCUT2D eigenvalue weighted by molar-refractivity contribution is 5.97. The van der Waals surface area contributed by atoms with Crippen LogP contribution in [-0.4, -0.2) is 73.5 Å². The molecule has 1 N–H and O–H groups in total. The predicted molar refractivity (Wildman–Crippen MR) is 109 cm³/mol. The molecule has 2 heterocycles. The smallest absolute Gasteiger partial charge is 0.251 e. The molecule has 0 unspecified atom stereocenters. The standard InChI is InChI=1S/C22H30FN3O4/c1-30-15-19(27)25-13-9-16(10-14-25)20(22(29)26-11-3-2-4-12-26)24-21(28)17-5-7-18(23)8-6-17/h5-8,16,20H,2-4,9-15H2,1H3,(H,24,28)/t20-/m1/s1. The third-order valence-corrected chi connectivity index (χ3v) is 5.96. The molecule has 8 heteroatoms. The van der Waals surface area contributed by atoms with Gasteiger partial charge in [0.15, 0.2) is 0 Å². The van der Waals surface area contributed by atoms with Gasteiger partial charge in [-0.15, -0.1) is 0 Å². The molecule has 0 saturated carbocycles. The number of amides is 3. The molecule has 2 fully saturated rings. The summed E-state index contributed by atoms with van der Waals surface area (Å²) in [5.41, 5.74) is 0.320. The lowest BCUT2D eigenvalue weighted by Crippen LogP contribution is -2.55. The van der Waals surface area contributed by atoms with E-state index in [2.05, 4.69) is 5.32 Å². The van der Waals surface area contributed by atoms with Gasteiger partial charge in [0.1, 0.15) is 18.5 Å². The van der Waals surface area contributed by atoms with E-state index in [1.165, 1.54) is 31.4 Å². The Morgan fingerprint density at radius 2 is 1.67 bits per heavy atom. The summed E-state index contributed by atoms with van der Waals surface area (Å²) in [5.74, 6) is -0.990. The summed E-state index contributed by atoms with van der Waals surface area (Å²) in [6.07, 6.45) is 4.30. The number of likely N-dealkylation sites (tertiary alicyclic amines) is 2. The van der Waals surface area contributed by atoms with Gasteiger partial charge in [-0.1, -0.05) is 0 Å². The van der Waals surface area contributed by atoms with Crippen molar-refractivity contribution in [2.45, 2.75) is 38.1 Å². The molecule has 3 rings (SSSR count). The van der Waals surface area contributed by atoms with Crippen LogP contribution in [0.1, 0.15) is 42.5 Å². The summed E-state index contributed by atoms with van der Waals surface area (Å²) in [7, 11) is 1.49. The highest BCUT2D eigenvalue weighted by atomic mass is 19.1. The lowest BCUT2D eigenvalue weighted by atomic mass is 9.87. The van der Waals surface area contributed by atoms with Gasteiger partial charge in [-0.2, -0.15) is 0 Å². The van der Waals surface area contributed by atoms with Crippen LogP contribution < -0.4 is 5.32 Å². The van der Waals surface area contributed by atoms with Crippen LogP contribution >= 0.6 is 0 Å². The molecule has 3 amide bonds. The lowest BCUT2D eigenvalue weighted by molar-refractivity contribution is -0.138. The van der Waals surface area contributed by atoms with Crippen LogP contribution in [0.3, 0.4) is 0 Å². The van der Waals surface area contributed by atoms with Crippen molar-refractivity contribution in [1.29, 1.82) is 0 Å². The van der Waals surface area contributed by atoms with Crippen molar-refractivity contribution in [1.82, 2.24) is 15.1 Å². The molecule has 1 aromatic carbocycles. The molecule has 0 spiro atoms. The zero-order valence-corrected chi connectivity index (χ0v) is 17.4. The average Bonchev–Trinajstić information content (AvgIpc) is 2.78. The molecule has 164 valence electrons. The van der Waals surface area contributed by atoms with Gasteiger partial charge in [0.25, 0.3) is 5.91 Å². The second-order valence-corrected chi connectivity index (χ2v) is 8.00. The van der Waals surface area contributed by atoms with E-state index in [4.69, 9.17) is 4.74 Å². The zero-order chi connectivity index (χ0) is 21.5. The molecule has 30 heavy (non-hydrogen) atoms. The fraction of sp³-hybridized carbons (Fsp3) is 0.591. The summed E-state index contributed by atoms with van der Waals surface area (Å²) < 4.78 is 18.1. The van der Waals surface area contributed by atoms with Crippen molar-refractivity contribution < 1.29 is 23.5 Å². The van der Waals surface area contributed by atoms with Gasteiger partial charge >= 0.3 is 0 Å². The summed E-state index contributed by atoms with van der Waals surface area (Å²) in [6, 6.07) is 4.64. The van der Waals surface area contributed by atoms with E-state index in [1.54, 1.807) is 4.90 Å². The zero-order valence-electron chi connectivity index (χ0n) is 17.4. The van der Waals surface area contributed by atoms with Crippen LogP contribution in [0.4, 0.5) is 4.39 Å². The first kappa shape index (κ1) is 22.2. The number of piperidine rings is 2. The van der Waals surface area contributed by atoms with Gasteiger partial charge in [0.2, 0.25) is 11.8 Å². The number of hydrogen-bond acceptors (Lipinski definition) is 4. The number of nitrogens with one attached hydrogen (secondary N) is 1. The molecular weight excluding hydrogens is 389 g/mol. The largest absolute Gasteiger partial charge is 0.375 e. The third-order valence-electron chi connectivity index (χ3n) is 5.96. The monoisotopic (exact) mass is 419 g/mol. The fourth-order valence-corrected chi connectivity index (χ4v) is 4.22. The minimum Gasteiger partial charge on any atom is -0.375 e. The highest BCUT2D eigenvalue weighted by Gasteiger charge is 2.36. The van der Waals surface area contributed by atoms with Crippen LogP contribution in [0.5, 0.6) is 0 Å². The Kier molecular flexibility index (Phi) is 7.79. The number of halogens is 1. The summed E-state index contributed by atoms with van der Waals surface area (Å²) in [4.78, 5) is 41.7. The minimum atomic E-state index is -0.652. The van der Waals surface area contributed by atoms with E-state index in [1.807, 2.05) is 4.90 Å². The Bertz CT molecular complexity index is 741. The van der Waals surface area contributed by atoms with Crippen LogP contribution in [-0.2, 0) is 14.3 Å². The van der Waals surface area contributed by atoms with E-state index in [0.29, 0.717) is 44.6 Å². The quantitative estimate of drug-likeness (QED) is 0.763. The predicted octanol–water partition coefficient (Wildman–Crippen LogP) is 1.82. The maximum absolute atomic E-state index is 13.3. The molecule has 2 saturated heterocycles. The van der Waals surface area contributed by atoms with Crippen molar-refractivity contribution in [2.24, 2.45) is 5.92 Å². The summed E-state index contributed by atoms with van der Waals surface area (Å²) >= 11 is 0. The Morgan fingerprint density at radius 1 is 1.03 bits per heavy atom. The first-order chi connectivity index (χ1) is 14.5. The van der Waals surface area contributed by atoms with Crippen molar-refractivity contribution in [2.75, 3.05) is 39.9 Å². The van der Waals surface area contributed by atoms with Gasteiger partial charge in [-0.05, 0) is 62.3 Å². The number of nitrogens with zero attached hydrogens (tertiary/aromatic N) is 2. The third kappa shape index (κ3) is 5.56. The first-order valence-corrected chi connectivity index (χ1v) is 10.6. The van der Waals surface area contributed by atoms with E-state index in [0.717, 1.165) is 19.3 Å². The van der Waals surface area contributed by atoms with Crippen LogP contribution in [0.25, 0.3) is 0 Å². The van der Waals surface area contributed by atoms with Crippen molar-refractivity contribution in [3.63, 3.8) is 0 Å². The minimum absolute atomic E-state index is 0.0438. The number of benzene rings is 1. The molecule has 0 aliphatic carbocycles. The molecule has 7 nitrogen and oxygen atoms in total. The van der Waals surface area contributed by atoms with Crippen LogP contribution in [0.15, 0.2) is 24.3 Å². The number of carbonyl (C=O) groups excluding carboxylic acids is 3. The van der Waals surface area contributed by atoms with E-state index in [9.17, 15) is 18.8 Å². The maximum Gasteiger partial charge on any atom is 0.251 e. The molecule has 0 aromatic heterocycles. The first-order valence-electron chi connectivity index (χ1n) is 10.6. The number of rotatable bonds is 6. The Morgan fingerprint density at radius 3 is 2.27 bits per heavy atom. The maximum atomic E-state index is 13.3. The second kappa shape index (κ2) is 10.5. The van der Waals surface area contributed by atoms with Gasteiger partial charge in [-0.25, -0.2) is 4.39 Å². The molecule has 2 aliphatic heterocycles. The van der Waals surface area contributed by atoms with Crippen molar-refractivity contribution in [3.8, 4) is 0 Å². The van der Waals surface area contributed by atoms with Gasteiger partial charge < -0.3 is 19.9 Å². The lowest BCUT2D eigenvalue weighted by Gasteiger charge is -2.38. The molecule has 1 atom stereocenters. The van der Waals surface area contributed by atoms with Crippen LogP contribution in [0.2, 0.25) is 0 Å². The molecule has 0 radical (unpaired) electrons. The van der Waals surface area contributed by atoms with Crippen molar-refractivity contribution >= 4 is 17.7 Å². The van der Waals surface area contributed by atoms with Crippen molar-refractivity contribution in [3.05, 3.63) is 35.6 Å². The number of methoxy groups -OCH3 is 1. The summed E-state index contributed by atoms with van der Waals surface area (Å²) in [6.45, 7) is 2.51. The van der Waals surface area contributed by atoms with Gasteiger partial charge in [0.05, 0.1) is 0 Å². The van der Waals surface area contributed by atoms with Gasteiger partial charge in [0, 0.05) is 38.9 Å². The molecule has 0 bridgehead atoms. The fourth-order valence-electron chi connectivity index (χ4n) is 4.22. The second-order valence-electron chi connectivity index (χ2n) is 8.00. The topological polar surface area (TPSA) is 79.0 Å². The summed E-state index contributed by atoms with van der Waals surface area (Å²) in [5, 5.41) is 2.91. The van der Waals surface area contributed by atoms with Crippen LogP contribution in [0, 0.1) is 11.7 Å². The SMILES string of the molecule is COCC(=O)N1CCC([C@@H](NC(=O)c2ccc(F)cc2)C(=O)N2CCCCC2)CC1. The van der Waals surface area contributed by atoms with E-state index in [-0.39, 0.29) is 30.2 Å². The number of hydrogen-bond donors (Lipinski definition) is 1. The number of ether oxygens (including phenoxy) is 1. The normalized spacial score (nSPS) is 18.7. The van der Waals surface area contributed by atoms with Gasteiger partial charge in [-0.3, -0.25) is 14.4 Å². The Labute approximate surface area is 176 Å². The highest BCUT2D eigenvalue weighted by Crippen LogP contribution is 2.24. The Hall–Kier alpha value is -2.48. The average molecular weight is 419 g/mol. The molecular formula is C22H30FN3O4. The molecule has 1 aromatic rings. The van der Waals surface area contributed by atoms with E-state index >= 15 is 0 Å². The molecule has 2 aliphatic rings.